The van der Waals surface area contributed by atoms with Crippen molar-refractivity contribution in [1.82, 2.24) is 4.90 Å². The van der Waals surface area contributed by atoms with Gasteiger partial charge < -0.3 is 10.2 Å². The highest BCUT2D eigenvalue weighted by Gasteiger charge is 2.31. The third-order valence-electron chi connectivity index (χ3n) is 4.34. The monoisotopic (exact) mass is 331 g/mol. The van der Waals surface area contributed by atoms with Gasteiger partial charge in [0.15, 0.2) is 0 Å². The van der Waals surface area contributed by atoms with Gasteiger partial charge in [0, 0.05) is 0 Å². The zero-order valence-electron chi connectivity index (χ0n) is 12.6. The molecular weight excluding hydrogens is 309 g/mol. The van der Waals surface area contributed by atoms with E-state index in [1.165, 1.54) is 12.1 Å². The maximum atomic E-state index is 12.9. The van der Waals surface area contributed by atoms with E-state index in [9.17, 15) is 19.4 Å². The van der Waals surface area contributed by atoms with Gasteiger partial charge in [0.05, 0.1) is 6.10 Å². The maximum absolute atomic E-state index is 12.9. The van der Waals surface area contributed by atoms with Crippen LogP contribution in [0.2, 0.25) is 0 Å². The summed E-state index contributed by atoms with van der Waals surface area (Å²) >= 11 is 0. The molecule has 2 N–H and O–H groups in total. The first-order valence-corrected chi connectivity index (χ1v) is 7.43. The maximum Gasteiger partial charge on any atom is 0.320 e. The van der Waals surface area contributed by atoms with Crippen LogP contribution in [0.1, 0.15) is 37.9 Å². The third kappa shape index (κ3) is 4.41. The molecule has 1 aromatic carbocycles. The molecule has 2 atom stereocenters. The predicted molar refractivity (Wildman–Crippen MR) is 84.6 cm³/mol. The molecule has 0 aliphatic carbocycles. The van der Waals surface area contributed by atoms with Gasteiger partial charge in [-0.05, 0) is 56.0 Å². The van der Waals surface area contributed by atoms with Gasteiger partial charge in [0.25, 0.3) is 0 Å². The quantitative estimate of drug-likeness (QED) is 0.871. The van der Waals surface area contributed by atoms with Crippen LogP contribution in [0, 0.1) is 11.7 Å². The molecule has 1 heterocycles. The number of benzene rings is 1. The molecule has 2 rings (SSSR count). The van der Waals surface area contributed by atoms with Crippen LogP contribution >= 0.6 is 12.4 Å². The lowest BCUT2D eigenvalue weighted by Gasteiger charge is -2.37. The van der Waals surface area contributed by atoms with E-state index < -0.39 is 18.1 Å². The highest BCUT2D eigenvalue weighted by atomic mass is 35.5. The number of piperidine rings is 1. The minimum absolute atomic E-state index is 0. The molecule has 0 spiro atoms. The molecule has 1 aliphatic heterocycles. The molecule has 1 aliphatic rings. The van der Waals surface area contributed by atoms with Crippen molar-refractivity contribution in [2.24, 2.45) is 5.92 Å². The summed E-state index contributed by atoms with van der Waals surface area (Å²) in [6, 6.07) is 5.49. The van der Waals surface area contributed by atoms with Crippen LogP contribution in [0.3, 0.4) is 0 Å². The van der Waals surface area contributed by atoms with Gasteiger partial charge in [-0.15, -0.1) is 12.4 Å². The van der Waals surface area contributed by atoms with Crippen molar-refractivity contribution in [1.29, 1.82) is 0 Å². The smallest absolute Gasteiger partial charge is 0.320 e. The predicted octanol–water partition coefficient (Wildman–Crippen LogP) is 2.86. The molecule has 0 bridgehead atoms. The Labute approximate surface area is 136 Å². The lowest BCUT2D eigenvalue weighted by Crippen LogP contribution is -2.46. The lowest BCUT2D eigenvalue weighted by molar-refractivity contribution is -0.144. The second-order valence-corrected chi connectivity index (χ2v) is 5.63. The van der Waals surface area contributed by atoms with Gasteiger partial charge in [0.2, 0.25) is 0 Å². The van der Waals surface area contributed by atoms with Crippen LogP contribution in [-0.2, 0) is 4.79 Å². The minimum atomic E-state index is -0.782. The number of hydrogen-bond acceptors (Lipinski definition) is 3. The summed E-state index contributed by atoms with van der Waals surface area (Å²) < 4.78 is 12.9. The third-order valence-corrected chi connectivity index (χ3v) is 4.34. The standard InChI is InChI=1S/C16H22FNO3.ClH/c1-2-14(16(20)21)18-9-7-12(8-10-18)15(19)11-3-5-13(17)6-4-11;/h3-6,12,14-15,19H,2,7-10H2,1H3,(H,20,21);1H. The summed E-state index contributed by atoms with van der Waals surface area (Å²) in [7, 11) is 0. The number of hydrogen-bond donors (Lipinski definition) is 2. The summed E-state index contributed by atoms with van der Waals surface area (Å²) in [5.74, 6) is -0.999. The Kier molecular flexibility index (Phi) is 7.26. The van der Waals surface area contributed by atoms with Crippen LogP contribution in [-0.4, -0.2) is 40.2 Å². The lowest BCUT2D eigenvalue weighted by atomic mass is 9.87. The average molecular weight is 332 g/mol. The second-order valence-electron chi connectivity index (χ2n) is 5.63. The van der Waals surface area contributed by atoms with Crippen LogP contribution < -0.4 is 0 Å². The Balaban J connectivity index is 0.00000242. The molecule has 0 aromatic heterocycles. The van der Waals surface area contributed by atoms with Crippen LogP contribution in [0.15, 0.2) is 24.3 Å². The Morgan fingerprint density at radius 2 is 1.86 bits per heavy atom. The topological polar surface area (TPSA) is 60.8 Å². The summed E-state index contributed by atoms with van der Waals surface area (Å²) in [5.41, 5.74) is 0.722. The first-order chi connectivity index (χ1) is 10.0. The van der Waals surface area contributed by atoms with E-state index in [1.807, 2.05) is 11.8 Å². The van der Waals surface area contributed by atoms with Gasteiger partial charge >= 0.3 is 5.97 Å². The molecule has 1 aromatic rings. The molecular formula is C16H23ClFNO3. The average Bonchev–Trinajstić information content (AvgIpc) is 2.48. The van der Waals surface area contributed by atoms with E-state index in [1.54, 1.807) is 12.1 Å². The number of aliphatic carboxylic acids is 1. The van der Waals surface area contributed by atoms with Crippen molar-refractivity contribution >= 4 is 18.4 Å². The van der Waals surface area contributed by atoms with Crippen molar-refractivity contribution in [3.63, 3.8) is 0 Å². The fourth-order valence-corrected chi connectivity index (χ4v) is 3.07. The van der Waals surface area contributed by atoms with Gasteiger partial charge in [-0.2, -0.15) is 0 Å². The zero-order chi connectivity index (χ0) is 15.4. The number of carboxylic acid groups (broad SMARTS) is 1. The number of carbonyl (C=O) groups is 1. The molecule has 0 radical (unpaired) electrons. The number of rotatable bonds is 5. The molecule has 4 nitrogen and oxygen atoms in total. The number of nitrogens with zero attached hydrogens (tertiary/aromatic N) is 1. The Hall–Kier alpha value is -1.17. The highest BCUT2D eigenvalue weighted by molar-refractivity contribution is 5.85. The fourth-order valence-electron chi connectivity index (χ4n) is 3.07. The Morgan fingerprint density at radius 1 is 1.32 bits per heavy atom. The first-order valence-electron chi connectivity index (χ1n) is 7.43. The summed E-state index contributed by atoms with van der Waals surface area (Å²) in [6.45, 7) is 3.22. The van der Waals surface area contributed by atoms with Gasteiger partial charge in [0.1, 0.15) is 11.9 Å². The SMILES string of the molecule is CCC(C(=O)O)N1CCC(C(O)c2ccc(F)cc2)CC1.Cl. The number of carboxylic acids is 1. The Morgan fingerprint density at radius 3 is 2.32 bits per heavy atom. The van der Waals surface area contributed by atoms with E-state index >= 15 is 0 Å². The number of halogens is 2. The molecule has 124 valence electrons. The van der Waals surface area contributed by atoms with Crippen LogP contribution in [0.25, 0.3) is 0 Å². The molecule has 22 heavy (non-hydrogen) atoms. The molecule has 0 saturated carbocycles. The van der Waals surface area contributed by atoms with E-state index in [2.05, 4.69) is 0 Å². The highest BCUT2D eigenvalue weighted by Crippen LogP contribution is 2.31. The van der Waals surface area contributed by atoms with Crippen molar-refractivity contribution in [2.75, 3.05) is 13.1 Å². The van der Waals surface area contributed by atoms with Crippen LogP contribution in [0.5, 0.6) is 0 Å². The van der Waals surface area contributed by atoms with Crippen LogP contribution in [0.4, 0.5) is 4.39 Å². The fraction of sp³-hybridized carbons (Fsp3) is 0.562. The number of likely N-dealkylation sites (tertiary alicyclic amines) is 1. The first kappa shape index (κ1) is 18.9. The molecule has 1 saturated heterocycles. The zero-order valence-corrected chi connectivity index (χ0v) is 13.4. The van der Waals surface area contributed by atoms with Crippen molar-refractivity contribution in [3.8, 4) is 0 Å². The second kappa shape index (κ2) is 8.46. The largest absolute Gasteiger partial charge is 0.480 e. The van der Waals surface area contributed by atoms with Crippen molar-refractivity contribution in [3.05, 3.63) is 35.6 Å². The van der Waals surface area contributed by atoms with Gasteiger partial charge in [-0.3, -0.25) is 9.69 Å². The molecule has 0 amide bonds. The van der Waals surface area contributed by atoms with Crippen molar-refractivity contribution < 1.29 is 19.4 Å². The molecule has 1 fully saturated rings. The summed E-state index contributed by atoms with van der Waals surface area (Å²) in [5, 5.41) is 19.5. The Bertz CT molecular complexity index is 475. The van der Waals surface area contributed by atoms with Gasteiger partial charge in [-0.25, -0.2) is 4.39 Å². The summed E-state index contributed by atoms with van der Waals surface area (Å²) in [4.78, 5) is 13.1. The van der Waals surface area contributed by atoms with Gasteiger partial charge in [-0.1, -0.05) is 19.1 Å². The van der Waals surface area contributed by atoms with E-state index in [0.29, 0.717) is 19.5 Å². The number of aliphatic hydroxyl groups is 1. The van der Waals surface area contributed by atoms with E-state index in [0.717, 1.165) is 18.4 Å². The summed E-state index contributed by atoms with van der Waals surface area (Å²) in [6.07, 6.45) is 1.48. The normalized spacial score (nSPS) is 19.2. The van der Waals surface area contributed by atoms with E-state index in [-0.39, 0.29) is 24.1 Å². The molecule has 2 unspecified atom stereocenters. The van der Waals surface area contributed by atoms with E-state index in [4.69, 9.17) is 0 Å². The molecule has 6 heteroatoms. The minimum Gasteiger partial charge on any atom is -0.480 e. The number of aliphatic hydroxyl groups excluding tert-OH is 1. The van der Waals surface area contributed by atoms with Crippen molar-refractivity contribution in [2.45, 2.75) is 38.3 Å².